The van der Waals surface area contributed by atoms with E-state index in [1.165, 1.54) is 5.56 Å². The molecule has 3 aromatic heterocycles. The number of imidazole rings is 1. The highest BCUT2D eigenvalue weighted by atomic mass is 35.5. The molecule has 0 fully saturated rings. The molecule has 0 aliphatic heterocycles. The quantitative estimate of drug-likeness (QED) is 0.373. The Morgan fingerprint density at radius 2 is 1.97 bits per heavy atom. The lowest BCUT2D eigenvalue weighted by Crippen LogP contribution is -2.20. The zero-order valence-corrected chi connectivity index (χ0v) is 18.6. The summed E-state index contributed by atoms with van der Waals surface area (Å²) in [4.78, 5) is 28.9. The van der Waals surface area contributed by atoms with Crippen molar-refractivity contribution in [3.05, 3.63) is 106 Å². The second kappa shape index (κ2) is 8.88. The molecule has 0 amide bonds. The number of benzene rings is 2. The highest BCUT2D eigenvalue weighted by Gasteiger charge is 2.15. The third kappa shape index (κ3) is 4.36. The molecule has 2 aromatic carbocycles. The van der Waals surface area contributed by atoms with Gasteiger partial charge < -0.3 is 14.9 Å². The Morgan fingerprint density at radius 1 is 1.12 bits per heavy atom. The average molecular weight is 457 g/mol. The van der Waals surface area contributed by atoms with E-state index >= 15 is 0 Å². The number of rotatable bonds is 6. The van der Waals surface area contributed by atoms with Crippen LogP contribution in [0.2, 0.25) is 5.02 Å². The number of aromatic amines is 1. The lowest BCUT2D eigenvalue weighted by atomic mass is 10.1. The monoisotopic (exact) mass is 456 g/mol. The molecule has 0 spiro atoms. The van der Waals surface area contributed by atoms with Crippen molar-refractivity contribution in [1.29, 1.82) is 0 Å². The predicted octanol–water partition coefficient (Wildman–Crippen LogP) is 5.06. The van der Waals surface area contributed by atoms with Gasteiger partial charge in [-0.25, -0.2) is 15.0 Å². The van der Waals surface area contributed by atoms with Crippen LogP contribution < -0.4 is 10.9 Å². The van der Waals surface area contributed by atoms with Gasteiger partial charge in [0, 0.05) is 23.7 Å². The fourth-order valence-corrected chi connectivity index (χ4v) is 4.04. The number of pyridine rings is 1. The Labute approximate surface area is 195 Å². The molecule has 0 unspecified atom stereocenters. The van der Waals surface area contributed by atoms with Crippen LogP contribution in [0, 0.1) is 0 Å². The van der Waals surface area contributed by atoms with E-state index in [4.69, 9.17) is 11.6 Å². The number of anilines is 1. The molecule has 0 saturated heterocycles. The summed E-state index contributed by atoms with van der Waals surface area (Å²) < 4.78 is 2.04. The van der Waals surface area contributed by atoms with Crippen LogP contribution in [0.3, 0.4) is 0 Å². The van der Waals surface area contributed by atoms with Gasteiger partial charge in [0.1, 0.15) is 0 Å². The molecule has 7 nitrogen and oxygen atoms in total. The molecule has 0 bridgehead atoms. The zero-order chi connectivity index (χ0) is 22.8. The number of para-hydroxylation sites is 1. The summed E-state index contributed by atoms with van der Waals surface area (Å²) in [5.41, 5.74) is 3.81. The fourth-order valence-electron chi connectivity index (χ4n) is 3.82. The van der Waals surface area contributed by atoms with E-state index in [0.717, 1.165) is 16.8 Å². The standard InChI is InChI=1S/C25H21ClN6O/c1-16(19-12-18-8-5-9-20(26)23(18)31-24(19)33)29-25-28-11-10-21(30-25)22-13-27-15-32(22)14-17-6-3-2-4-7-17/h2-13,15-16H,14H2,1H3,(H,31,33)(H,28,29,30)/t16-/m0/s1. The van der Waals surface area contributed by atoms with Gasteiger partial charge in [-0.05, 0) is 30.7 Å². The van der Waals surface area contributed by atoms with Crippen LogP contribution in [0.5, 0.6) is 0 Å². The van der Waals surface area contributed by atoms with Crippen molar-refractivity contribution in [3.8, 4) is 11.4 Å². The van der Waals surface area contributed by atoms with E-state index in [0.29, 0.717) is 28.6 Å². The van der Waals surface area contributed by atoms with Crippen LogP contribution in [0.15, 0.2) is 84.2 Å². The Bertz CT molecular complexity index is 1480. The van der Waals surface area contributed by atoms with Crippen LogP contribution in [-0.4, -0.2) is 24.5 Å². The van der Waals surface area contributed by atoms with Gasteiger partial charge in [0.25, 0.3) is 5.56 Å². The van der Waals surface area contributed by atoms with E-state index in [2.05, 4.69) is 37.4 Å². The largest absolute Gasteiger partial charge is 0.347 e. The van der Waals surface area contributed by atoms with E-state index in [9.17, 15) is 4.79 Å². The summed E-state index contributed by atoms with van der Waals surface area (Å²) in [6, 6.07) is 19.1. The van der Waals surface area contributed by atoms with Gasteiger partial charge in [0.2, 0.25) is 5.95 Å². The van der Waals surface area contributed by atoms with Crippen molar-refractivity contribution < 1.29 is 0 Å². The average Bonchev–Trinajstić information content (AvgIpc) is 3.28. The van der Waals surface area contributed by atoms with Gasteiger partial charge in [-0.1, -0.05) is 54.1 Å². The maximum atomic E-state index is 12.7. The van der Waals surface area contributed by atoms with E-state index in [1.54, 1.807) is 24.8 Å². The lowest BCUT2D eigenvalue weighted by Gasteiger charge is -2.15. The third-order valence-corrected chi connectivity index (χ3v) is 5.81. The first-order chi connectivity index (χ1) is 16.1. The first-order valence-electron chi connectivity index (χ1n) is 10.5. The summed E-state index contributed by atoms with van der Waals surface area (Å²) in [6.45, 7) is 2.59. The van der Waals surface area contributed by atoms with Crippen molar-refractivity contribution in [1.82, 2.24) is 24.5 Å². The minimum atomic E-state index is -0.318. The summed E-state index contributed by atoms with van der Waals surface area (Å²) in [5.74, 6) is 0.429. The molecule has 5 aromatic rings. The van der Waals surface area contributed by atoms with Crippen molar-refractivity contribution in [2.75, 3.05) is 5.32 Å². The number of hydrogen-bond acceptors (Lipinski definition) is 5. The highest BCUT2D eigenvalue weighted by Crippen LogP contribution is 2.24. The molecule has 3 heterocycles. The summed E-state index contributed by atoms with van der Waals surface area (Å²) in [7, 11) is 0. The van der Waals surface area contributed by atoms with Crippen molar-refractivity contribution in [3.63, 3.8) is 0 Å². The maximum absolute atomic E-state index is 12.7. The van der Waals surface area contributed by atoms with Crippen molar-refractivity contribution in [2.45, 2.75) is 19.5 Å². The molecule has 164 valence electrons. The molecule has 0 aliphatic carbocycles. The van der Waals surface area contributed by atoms with Crippen LogP contribution in [0.4, 0.5) is 5.95 Å². The van der Waals surface area contributed by atoms with Crippen molar-refractivity contribution in [2.24, 2.45) is 0 Å². The minimum Gasteiger partial charge on any atom is -0.347 e. The number of aromatic nitrogens is 5. The van der Waals surface area contributed by atoms with Crippen LogP contribution in [0.25, 0.3) is 22.3 Å². The fraction of sp³-hybridized carbons (Fsp3) is 0.120. The number of nitrogens with zero attached hydrogens (tertiary/aromatic N) is 4. The summed E-state index contributed by atoms with van der Waals surface area (Å²) in [5, 5.41) is 4.62. The number of nitrogens with one attached hydrogen (secondary N) is 2. The molecule has 33 heavy (non-hydrogen) atoms. The topological polar surface area (TPSA) is 88.5 Å². The molecule has 0 aliphatic rings. The molecular formula is C25H21ClN6O. The van der Waals surface area contributed by atoms with Crippen LogP contribution in [0.1, 0.15) is 24.1 Å². The smallest absolute Gasteiger partial charge is 0.253 e. The molecule has 8 heteroatoms. The number of hydrogen-bond donors (Lipinski definition) is 2. The van der Waals surface area contributed by atoms with Crippen LogP contribution in [-0.2, 0) is 6.54 Å². The van der Waals surface area contributed by atoms with E-state index < -0.39 is 0 Å². The second-order valence-electron chi connectivity index (χ2n) is 7.78. The predicted molar refractivity (Wildman–Crippen MR) is 130 cm³/mol. The first kappa shape index (κ1) is 20.9. The highest BCUT2D eigenvalue weighted by molar-refractivity contribution is 6.35. The lowest BCUT2D eigenvalue weighted by molar-refractivity contribution is 0.800. The van der Waals surface area contributed by atoms with Crippen LogP contribution >= 0.6 is 11.6 Å². The second-order valence-corrected chi connectivity index (χ2v) is 8.19. The number of fused-ring (bicyclic) bond motifs is 1. The van der Waals surface area contributed by atoms with Gasteiger partial charge in [0.15, 0.2) is 0 Å². The van der Waals surface area contributed by atoms with E-state index in [-0.39, 0.29) is 11.6 Å². The van der Waals surface area contributed by atoms with Gasteiger partial charge in [0.05, 0.1) is 40.5 Å². The molecule has 5 rings (SSSR count). The van der Waals surface area contributed by atoms with E-state index in [1.807, 2.05) is 54.0 Å². The van der Waals surface area contributed by atoms with Gasteiger partial charge >= 0.3 is 0 Å². The van der Waals surface area contributed by atoms with Gasteiger partial charge in [-0.3, -0.25) is 4.79 Å². The third-order valence-electron chi connectivity index (χ3n) is 5.50. The molecule has 2 N–H and O–H groups in total. The van der Waals surface area contributed by atoms with Crippen molar-refractivity contribution >= 4 is 28.5 Å². The Kier molecular flexibility index (Phi) is 5.62. The van der Waals surface area contributed by atoms with Gasteiger partial charge in [-0.15, -0.1) is 0 Å². The Hall–Kier alpha value is -3.97. The molecular weight excluding hydrogens is 436 g/mol. The molecule has 1 atom stereocenters. The Balaban J connectivity index is 1.41. The van der Waals surface area contributed by atoms with Gasteiger partial charge in [-0.2, -0.15) is 0 Å². The zero-order valence-electron chi connectivity index (χ0n) is 17.9. The Morgan fingerprint density at radius 3 is 2.82 bits per heavy atom. The molecule has 0 saturated carbocycles. The number of halogens is 1. The SMILES string of the molecule is C[C@H](Nc1nccc(-c2cncn2Cc2ccccc2)n1)c1cc2cccc(Cl)c2[nH]c1=O. The minimum absolute atomic E-state index is 0.201. The normalized spacial score (nSPS) is 12.1. The maximum Gasteiger partial charge on any atom is 0.253 e. The summed E-state index contributed by atoms with van der Waals surface area (Å²) >= 11 is 6.21. The first-order valence-corrected chi connectivity index (χ1v) is 10.9. The molecule has 0 radical (unpaired) electrons. The summed E-state index contributed by atoms with van der Waals surface area (Å²) in [6.07, 6.45) is 5.28. The number of H-pyrrole nitrogens is 1.